The van der Waals surface area contributed by atoms with Crippen LogP contribution in [0.1, 0.15) is 44.9 Å². The quantitative estimate of drug-likeness (QED) is 0.830. The first-order chi connectivity index (χ1) is 13.2. The second kappa shape index (κ2) is 9.74. The van der Waals surface area contributed by atoms with Crippen LogP contribution in [0, 0.1) is 5.92 Å². The Hall–Kier alpha value is -2.08. The summed E-state index contributed by atoms with van der Waals surface area (Å²) in [4.78, 5) is 26.7. The largest absolute Gasteiger partial charge is 0.497 e. The van der Waals surface area contributed by atoms with Crippen LogP contribution < -0.4 is 10.1 Å². The average molecular weight is 374 g/mol. The Morgan fingerprint density at radius 3 is 2.74 bits per heavy atom. The van der Waals surface area contributed by atoms with Gasteiger partial charge in [-0.25, -0.2) is 0 Å². The van der Waals surface area contributed by atoms with E-state index in [1.165, 1.54) is 0 Å². The number of amides is 2. The molecule has 2 fully saturated rings. The number of anilines is 1. The maximum Gasteiger partial charge on any atom is 0.251 e. The van der Waals surface area contributed by atoms with E-state index in [1.54, 1.807) is 7.11 Å². The molecule has 6 heteroatoms. The first-order valence-electron chi connectivity index (χ1n) is 10.00. The van der Waals surface area contributed by atoms with Crippen LogP contribution in [0.25, 0.3) is 0 Å². The molecule has 27 heavy (non-hydrogen) atoms. The lowest BCUT2D eigenvalue weighted by Crippen LogP contribution is -2.45. The van der Waals surface area contributed by atoms with Crippen molar-refractivity contribution >= 4 is 17.5 Å². The lowest BCUT2D eigenvalue weighted by atomic mass is 9.91. The molecule has 0 aliphatic carbocycles. The molecule has 0 spiro atoms. The Morgan fingerprint density at radius 2 is 2.04 bits per heavy atom. The highest BCUT2D eigenvalue weighted by Gasteiger charge is 2.29. The number of hydrogen-bond donors (Lipinski definition) is 1. The number of hydrogen-bond acceptors (Lipinski definition) is 4. The van der Waals surface area contributed by atoms with E-state index < -0.39 is 0 Å². The average Bonchev–Trinajstić information content (AvgIpc) is 2.73. The Labute approximate surface area is 161 Å². The summed E-state index contributed by atoms with van der Waals surface area (Å²) >= 11 is 0. The zero-order chi connectivity index (χ0) is 19.1. The number of methoxy groups -OCH3 is 1. The van der Waals surface area contributed by atoms with Crippen molar-refractivity contribution in [2.75, 3.05) is 32.1 Å². The predicted octanol–water partition coefficient (Wildman–Crippen LogP) is 3.22. The summed E-state index contributed by atoms with van der Waals surface area (Å²) in [5.74, 6) is 1.41. The molecule has 1 aromatic carbocycles. The topological polar surface area (TPSA) is 67.9 Å². The van der Waals surface area contributed by atoms with Gasteiger partial charge in [-0.05, 0) is 56.6 Å². The minimum Gasteiger partial charge on any atom is -0.497 e. The third-order valence-electron chi connectivity index (χ3n) is 5.51. The van der Waals surface area contributed by atoms with Gasteiger partial charge in [0.2, 0.25) is 5.91 Å². The van der Waals surface area contributed by atoms with Gasteiger partial charge in [0, 0.05) is 37.9 Å². The number of carbonyl (C=O) groups excluding carboxylic acids is 2. The maximum absolute atomic E-state index is 12.5. The van der Waals surface area contributed by atoms with Gasteiger partial charge in [-0.2, -0.15) is 0 Å². The summed E-state index contributed by atoms with van der Waals surface area (Å²) in [5, 5.41) is 2.93. The van der Waals surface area contributed by atoms with Gasteiger partial charge in [0.15, 0.2) is 0 Å². The first-order valence-corrected chi connectivity index (χ1v) is 10.00. The molecular weight excluding hydrogens is 344 g/mol. The fraction of sp³-hybridized carbons (Fsp3) is 0.619. The molecule has 1 aromatic rings. The normalized spacial score (nSPS) is 20.9. The molecule has 2 aliphatic rings. The third-order valence-corrected chi connectivity index (χ3v) is 5.51. The van der Waals surface area contributed by atoms with E-state index >= 15 is 0 Å². The number of likely N-dealkylation sites (tertiary alicyclic amines) is 1. The number of ether oxygens (including phenoxy) is 2. The van der Waals surface area contributed by atoms with Crippen LogP contribution in [0.15, 0.2) is 24.3 Å². The lowest BCUT2D eigenvalue weighted by molar-refractivity contribution is -0.148. The summed E-state index contributed by atoms with van der Waals surface area (Å²) in [6.45, 7) is 2.26. The second-order valence-corrected chi connectivity index (χ2v) is 7.44. The number of nitrogens with one attached hydrogen (secondary N) is 1. The molecule has 2 heterocycles. The summed E-state index contributed by atoms with van der Waals surface area (Å²) in [6.07, 6.45) is 6.04. The highest BCUT2D eigenvalue weighted by atomic mass is 16.5. The van der Waals surface area contributed by atoms with Crippen molar-refractivity contribution in [1.29, 1.82) is 0 Å². The molecule has 1 N–H and O–H groups in total. The van der Waals surface area contributed by atoms with Crippen molar-refractivity contribution in [2.45, 2.75) is 51.0 Å². The van der Waals surface area contributed by atoms with Crippen molar-refractivity contribution in [3.05, 3.63) is 24.3 Å². The molecule has 0 aromatic heterocycles. The predicted molar refractivity (Wildman–Crippen MR) is 104 cm³/mol. The first kappa shape index (κ1) is 19.7. The van der Waals surface area contributed by atoms with Crippen LogP contribution in [-0.2, 0) is 14.3 Å². The Morgan fingerprint density at radius 1 is 1.22 bits per heavy atom. The third kappa shape index (κ3) is 5.70. The molecule has 0 unspecified atom stereocenters. The molecule has 2 aliphatic heterocycles. The molecule has 2 saturated heterocycles. The van der Waals surface area contributed by atoms with Gasteiger partial charge in [-0.15, -0.1) is 0 Å². The molecule has 3 rings (SSSR count). The standard InChI is InChI=1S/C21H30N2O4/c1-26-18-6-4-5-17(15-18)22-20(24)9-8-16-10-12-23(13-11-16)21(25)19-7-2-3-14-27-19/h4-6,15-16,19H,2-3,7-14H2,1H3,(H,22,24)/t19-/m0/s1. The van der Waals surface area contributed by atoms with Crippen molar-refractivity contribution in [1.82, 2.24) is 4.90 Å². The molecule has 148 valence electrons. The van der Waals surface area contributed by atoms with Crippen LogP contribution in [-0.4, -0.2) is 49.6 Å². The summed E-state index contributed by atoms with van der Waals surface area (Å²) in [6, 6.07) is 7.38. The smallest absolute Gasteiger partial charge is 0.251 e. The fourth-order valence-corrected chi connectivity index (χ4v) is 3.84. The van der Waals surface area contributed by atoms with Gasteiger partial charge in [-0.1, -0.05) is 6.07 Å². The highest BCUT2D eigenvalue weighted by molar-refractivity contribution is 5.90. The molecule has 0 saturated carbocycles. The van der Waals surface area contributed by atoms with Gasteiger partial charge in [0.25, 0.3) is 5.91 Å². The molecule has 0 bridgehead atoms. The molecular formula is C21H30N2O4. The minimum atomic E-state index is -0.232. The lowest BCUT2D eigenvalue weighted by Gasteiger charge is -2.35. The SMILES string of the molecule is COc1cccc(NC(=O)CCC2CCN(C(=O)[C@@H]3CCCCO3)CC2)c1. The van der Waals surface area contributed by atoms with Gasteiger partial charge in [0.05, 0.1) is 7.11 Å². The number of benzene rings is 1. The molecule has 6 nitrogen and oxygen atoms in total. The number of rotatable bonds is 6. The Kier molecular flexibility index (Phi) is 7.10. The van der Waals surface area contributed by atoms with Crippen LogP contribution in [0.2, 0.25) is 0 Å². The molecule has 0 radical (unpaired) electrons. The van der Waals surface area contributed by atoms with Crippen LogP contribution in [0.4, 0.5) is 5.69 Å². The number of carbonyl (C=O) groups is 2. The zero-order valence-electron chi connectivity index (χ0n) is 16.1. The number of nitrogens with zero attached hydrogens (tertiary/aromatic N) is 1. The highest BCUT2D eigenvalue weighted by Crippen LogP contribution is 2.25. The van der Waals surface area contributed by atoms with Crippen LogP contribution in [0.3, 0.4) is 0 Å². The monoisotopic (exact) mass is 374 g/mol. The fourth-order valence-electron chi connectivity index (χ4n) is 3.84. The van der Waals surface area contributed by atoms with Gasteiger partial charge in [0.1, 0.15) is 11.9 Å². The van der Waals surface area contributed by atoms with Crippen molar-refractivity contribution in [2.24, 2.45) is 5.92 Å². The Balaban J connectivity index is 1.37. The van der Waals surface area contributed by atoms with E-state index in [0.29, 0.717) is 18.9 Å². The van der Waals surface area contributed by atoms with Gasteiger partial charge < -0.3 is 19.7 Å². The molecule has 1 atom stereocenters. The summed E-state index contributed by atoms with van der Waals surface area (Å²) in [7, 11) is 1.61. The van der Waals surface area contributed by atoms with Crippen molar-refractivity contribution in [3.8, 4) is 5.75 Å². The van der Waals surface area contributed by atoms with Crippen LogP contribution >= 0.6 is 0 Å². The minimum absolute atomic E-state index is 0.0253. The van der Waals surface area contributed by atoms with Crippen LogP contribution in [0.5, 0.6) is 5.75 Å². The van der Waals surface area contributed by atoms with E-state index in [2.05, 4.69) is 5.32 Å². The Bertz CT molecular complexity index is 635. The second-order valence-electron chi connectivity index (χ2n) is 7.44. The van der Waals surface area contributed by atoms with E-state index in [0.717, 1.165) is 63.1 Å². The maximum atomic E-state index is 12.5. The van der Waals surface area contributed by atoms with Crippen molar-refractivity contribution < 1.29 is 19.1 Å². The zero-order valence-corrected chi connectivity index (χ0v) is 16.1. The van der Waals surface area contributed by atoms with Gasteiger partial charge in [-0.3, -0.25) is 9.59 Å². The molecule has 2 amide bonds. The number of piperidine rings is 1. The summed E-state index contributed by atoms with van der Waals surface area (Å²) < 4.78 is 10.8. The van der Waals surface area contributed by atoms with Gasteiger partial charge >= 0.3 is 0 Å². The summed E-state index contributed by atoms with van der Waals surface area (Å²) in [5.41, 5.74) is 0.757. The van der Waals surface area contributed by atoms with E-state index in [4.69, 9.17) is 9.47 Å². The van der Waals surface area contributed by atoms with Crippen molar-refractivity contribution in [3.63, 3.8) is 0 Å². The van der Waals surface area contributed by atoms with E-state index in [9.17, 15) is 9.59 Å². The van der Waals surface area contributed by atoms with E-state index in [1.807, 2.05) is 29.2 Å². The van der Waals surface area contributed by atoms with E-state index in [-0.39, 0.29) is 17.9 Å².